The Morgan fingerprint density at radius 3 is 2.50 bits per heavy atom. The van der Waals surface area contributed by atoms with Crippen LogP contribution in [0.2, 0.25) is 0 Å². The first-order valence-corrected chi connectivity index (χ1v) is 13.5. The highest BCUT2D eigenvalue weighted by molar-refractivity contribution is 5.97. The number of piperazine rings is 1. The molecule has 8 heteroatoms. The predicted molar refractivity (Wildman–Crippen MR) is 149 cm³/mol. The van der Waals surface area contributed by atoms with Crippen molar-refractivity contribution in [2.24, 2.45) is 5.92 Å². The van der Waals surface area contributed by atoms with Gasteiger partial charge in [0.1, 0.15) is 17.6 Å². The molecule has 3 rings (SSSR count). The largest absolute Gasteiger partial charge is 0.497 e. The Bertz CT molecular complexity index is 1030. The third-order valence-electron chi connectivity index (χ3n) is 7.64. The van der Waals surface area contributed by atoms with Crippen LogP contribution in [0.1, 0.15) is 49.9 Å². The van der Waals surface area contributed by atoms with Gasteiger partial charge in [-0.1, -0.05) is 18.2 Å². The van der Waals surface area contributed by atoms with E-state index in [4.69, 9.17) is 4.74 Å². The van der Waals surface area contributed by atoms with E-state index in [-0.39, 0.29) is 17.4 Å². The molecule has 0 aromatic heterocycles. The van der Waals surface area contributed by atoms with Gasteiger partial charge in [-0.2, -0.15) is 0 Å². The fourth-order valence-electron chi connectivity index (χ4n) is 4.88. The summed E-state index contributed by atoms with van der Waals surface area (Å²) >= 11 is 0. The second-order valence-electron chi connectivity index (χ2n) is 10.6. The molecular weight excluding hydrogens is 483 g/mol. The molecule has 0 bridgehead atoms. The number of amides is 2. The molecule has 2 aliphatic rings. The molecule has 1 aliphatic heterocycles. The first kappa shape index (κ1) is 29.6. The van der Waals surface area contributed by atoms with E-state index < -0.39 is 11.9 Å². The van der Waals surface area contributed by atoms with E-state index >= 15 is 0 Å². The standard InChI is InChI=1S/C30H43FN4O3/c1-6-25(38-5)15-10-22(2)26-21-30(26,3)32-16-8-7-9-27(29(37)35-19-17-34(4)18-20-35)33-28(36)23-11-13-24(31)14-12-23/h6,10-15,26-27,32H,2,7-9,16-21H2,1,3-5H3,(H,33,36)/b15-10-,25-6+/t26-,27-,30+/m0/s1. The van der Waals surface area contributed by atoms with E-state index in [1.54, 1.807) is 7.11 Å². The number of unbranched alkanes of at least 4 members (excludes halogenated alkanes) is 1. The van der Waals surface area contributed by atoms with Gasteiger partial charge >= 0.3 is 0 Å². The number of rotatable bonds is 13. The van der Waals surface area contributed by atoms with Crippen molar-refractivity contribution in [1.82, 2.24) is 20.4 Å². The second-order valence-corrected chi connectivity index (χ2v) is 10.6. The van der Waals surface area contributed by atoms with Gasteiger partial charge in [-0.25, -0.2) is 4.39 Å². The smallest absolute Gasteiger partial charge is 0.251 e. The fraction of sp³-hybridized carbons (Fsp3) is 0.533. The number of nitrogens with one attached hydrogen (secondary N) is 2. The SMILES string of the molecule is C=C(/C=C\C(=C/C)OC)[C@@H]1C[C@@]1(C)NCCCC[C@H](NC(=O)c1ccc(F)cc1)C(=O)N1CCN(C)CC1. The normalized spacial score (nSPS) is 22.8. The molecule has 2 fully saturated rings. The van der Waals surface area contributed by atoms with Crippen molar-refractivity contribution in [1.29, 1.82) is 0 Å². The van der Waals surface area contributed by atoms with E-state index in [0.717, 1.165) is 50.2 Å². The van der Waals surface area contributed by atoms with Gasteiger partial charge in [-0.3, -0.25) is 9.59 Å². The molecule has 0 radical (unpaired) electrons. The van der Waals surface area contributed by atoms with Crippen LogP contribution in [0.15, 0.2) is 60.4 Å². The summed E-state index contributed by atoms with van der Waals surface area (Å²) in [6.45, 7) is 12.1. The zero-order valence-electron chi connectivity index (χ0n) is 23.3. The first-order chi connectivity index (χ1) is 18.2. The summed E-state index contributed by atoms with van der Waals surface area (Å²) in [6.07, 6.45) is 9.15. The number of carbonyl (C=O) groups excluding carboxylic acids is 2. The minimum absolute atomic E-state index is 0.0242. The summed E-state index contributed by atoms with van der Waals surface area (Å²) < 4.78 is 18.6. The van der Waals surface area contributed by atoms with Crippen LogP contribution < -0.4 is 10.6 Å². The summed E-state index contributed by atoms with van der Waals surface area (Å²) in [5.74, 6) is 0.396. The maximum absolute atomic E-state index is 13.3. The number of hydrogen-bond acceptors (Lipinski definition) is 5. The van der Waals surface area contributed by atoms with Gasteiger partial charge in [0.05, 0.1) is 7.11 Å². The second kappa shape index (κ2) is 13.7. The van der Waals surface area contributed by atoms with Gasteiger partial charge in [-0.05, 0) is 89.5 Å². The summed E-state index contributed by atoms with van der Waals surface area (Å²) in [5, 5.41) is 6.57. The lowest BCUT2D eigenvalue weighted by atomic mass is 10.1. The Labute approximate surface area is 226 Å². The Balaban J connectivity index is 1.50. The number of ether oxygens (including phenoxy) is 1. The van der Waals surface area contributed by atoms with Crippen molar-refractivity contribution >= 4 is 11.8 Å². The molecule has 3 atom stereocenters. The number of benzene rings is 1. The van der Waals surface area contributed by atoms with Crippen LogP contribution in [-0.4, -0.2) is 80.1 Å². The van der Waals surface area contributed by atoms with Gasteiger partial charge in [0, 0.05) is 43.2 Å². The lowest BCUT2D eigenvalue weighted by Crippen LogP contribution is -2.54. The molecule has 7 nitrogen and oxygen atoms in total. The molecule has 1 aromatic carbocycles. The molecule has 0 spiro atoms. The molecule has 1 saturated carbocycles. The first-order valence-electron chi connectivity index (χ1n) is 13.5. The average Bonchev–Trinajstić information content (AvgIpc) is 3.59. The lowest BCUT2D eigenvalue weighted by Gasteiger charge is -2.34. The molecule has 1 heterocycles. The quantitative estimate of drug-likeness (QED) is 0.232. The van der Waals surface area contributed by atoms with E-state index in [1.165, 1.54) is 24.3 Å². The topological polar surface area (TPSA) is 73.9 Å². The maximum atomic E-state index is 13.3. The van der Waals surface area contributed by atoms with Gasteiger partial charge in [0.25, 0.3) is 5.91 Å². The van der Waals surface area contributed by atoms with Gasteiger partial charge in [0.15, 0.2) is 0 Å². The van der Waals surface area contributed by atoms with Crippen LogP contribution >= 0.6 is 0 Å². The van der Waals surface area contributed by atoms with Crippen LogP contribution in [0.3, 0.4) is 0 Å². The molecule has 2 N–H and O–H groups in total. The van der Waals surface area contributed by atoms with Crippen molar-refractivity contribution in [3.63, 3.8) is 0 Å². The number of carbonyl (C=O) groups is 2. The monoisotopic (exact) mass is 526 g/mol. The number of likely N-dealkylation sites (N-methyl/N-ethyl adjacent to an activating group) is 1. The Morgan fingerprint density at radius 1 is 1.18 bits per heavy atom. The van der Waals surface area contributed by atoms with E-state index in [1.807, 2.05) is 37.1 Å². The van der Waals surface area contributed by atoms with Crippen LogP contribution in [0.5, 0.6) is 0 Å². The van der Waals surface area contributed by atoms with Gasteiger partial charge < -0.3 is 25.2 Å². The number of methoxy groups -OCH3 is 1. The number of hydrogen-bond donors (Lipinski definition) is 2. The minimum atomic E-state index is -0.605. The third kappa shape index (κ3) is 8.27. The average molecular weight is 527 g/mol. The maximum Gasteiger partial charge on any atom is 0.251 e. The zero-order chi connectivity index (χ0) is 27.7. The highest BCUT2D eigenvalue weighted by Crippen LogP contribution is 2.47. The van der Waals surface area contributed by atoms with E-state index in [0.29, 0.717) is 31.0 Å². The highest BCUT2D eigenvalue weighted by Gasteiger charge is 2.50. The molecule has 0 unspecified atom stereocenters. The van der Waals surface area contributed by atoms with Crippen molar-refractivity contribution in [3.8, 4) is 0 Å². The van der Waals surface area contributed by atoms with Crippen molar-refractivity contribution in [2.75, 3.05) is 46.9 Å². The number of allylic oxidation sites excluding steroid dienone is 3. The molecule has 1 saturated heterocycles. The third-order valence-corrected chi connectivity index (χ3v) is 7.64. The van der Waals surface area contributed by atoms with Crippen LogP contribution in [0, 0.1) is 11.7 Å². The summed E-state index contributed by atoms with van der Waals surface area (Å²) in [4.78, 5) is 30.2. The lowest BCUT2D eigenvalue weighted by molar-refractivity contribution is -0.135. The Hall–Kier alpha value is -2.97. The molecule has 38 heavy (non-hydrogen) atoms. The summed E-state index contributed by atoms with van der Waals surface area (Å²) in [5.41, 5.74) is 1.45. The van der Waals surface area contributed by atoms with Gasteiger partial charge in [0.2, 0.25) is 5.91 Å². The predicted octanol–water partition coefficient (Wildman–Crippen LogP) is 3.90. The van der Waals surface area contributed by atoms with Crippen molar-refractivity contribution in [2.45, 2.75) is 51.1 Å². The molecule has 208 valence electrons. The van der Waals surface area contributed by atoms with Crippen LogP contribution in [0.25, 0.3) is 0 Å². The summed E-state index contributed by atoms with van der Waals surface area (Å²) in [7, 11) is 3.70. The Kier molecular flexibility index (Phi) is 10.7. The van der Waals surface area contributed by atoms with Crippen LogP contribution in [-0.2, 0) is 9.53 Å². The van der Waals surface area contributed by atoms with E-state index in [9.17, 15) is 14.0 Å². The summed E-state index contributed by atoms with van der Waals surface area (Å²) in [6, 6.07) is 4.79. The minimum Gasteiger partial charge on any atom is -0.497 e. The van der Waals surface area contributed by atoms with E-state index in [2.05, 4.69) is 29.0 Å². The fourth-order valence-corrected chi connectivity index (χ4v) is 4.88. The van der Waals surface area contributed by atoms with Crippen LogP contribution in [0.4, 0.5) is 4.39 Å². The van der Waals surface area contributed by atoms with Crippen molar-refractivity contribution < 1.29 is 18.7 Å². The number of halogens is 1. The molecule has 2 amide bonds. The zero-order valence-corrected chi connectivity index (χ0v) is 23.3. The van der Waals surface area contributed by atoms with Gasteiger partial charge in [-0.15, -0.1) is 0 Å². The Morgan fingerprint density at radius 2 is 1.87 bits per heavy atom. The molecule has 1 aliphatic carbocycles. The number of nitrogens with zero attached hydrogens (tertiary/aromatic N) is 2. The van der Waals surface area contributed by atoms with Crippen molar-refractivity contribution in [3.05, 3.63) is 71.8 Å². The molecule has 1 aromatic rings. The highest BCUT2D eigenvalue weighted by atomic mass is 19.1. The molecular formula is C30H43FN4O3.